The van der Waals surface area contributed by atoms with Crippen molar-refractivity contribution < 1.29 is 13.9 Å². The average Bonchev–Trinajstić information content (AvgIpc) is 3.04. The van der Waals surface area contributed by atoms with E-state index in [0.29, 0.717) is 18.1 Å². The fourth-order valence-corrected chi connectivity index (χ4v) is 1.70. The van der Waals surface area contributed by atoms with Crippen molar-refractivity contribution in [2.45, 2.75) is 6.54 Å². The summed E-state index contributed by atoms with van der Waals surface area (Å²) in [6, 6.07) is 10.8. The van der Waals surface area contributed by atoms with Crippen molar-refractivity contribution in [2.24, 2.45) is 10.7 Å². The quantitative estimate of drug-likeness (QED) is 0.370. The van der Waals surface area contributed by atoms with E-state index in [2.05, 4.69) is 15.6 Å². The first-order chi connectivity index (χ1) is 10.7. The van der Waals surface area contributed by atoms with Crippen LogP contribution in [0.4, 0.5) is 5.69 Å². The molecule has 23 heavy (non-hydrogen) atoms. The highest BCUT2D eigenvalue weighted by atomic mass is 127. The number of nitrogens with two attached hydrogens (primary N) is 1. The fourth-order valence-electron chi connectivity index (χ4n) is 1.70. The average molecular weight is 430 g/mol. The lowest BCUT2D eigenvalue weighted by molar-refractivity contribution is -0.119. The highest BCUT2D eigenvalue weighted by Crippen LogP contribution is 2.16. The molecule has 1 aromatic heterocycles. The highest BCUT2D eigenvalue weighted by Gasteiger charge is 2.03. The number of halogens is 1. The number of hydrogen-bond acceptors (Lipinski definition) is 4. The zero-order valence-corrected chi connectivity index (χ0v) is 14.9. The molecule has 8 heteroatoms. The van der Waals surface area contributed by atoms with Gasteiger partial charge in [-0.3, -0.25) is 4.79 Å². The molecule has 2 rings (SSSR count). The predicted molar refractivity (Wildman–Crippen MR) is 99.1 cm³/mol. The number of nitrogens with one attached hydrogen (secondary N) is 2. The number of nitrogens with zero attached hydrogens (tertiary/aromatic N) is 1. The van der Waals surface area contributed by atoms with Gasteiger partial charge in [-0.25, -0.2) is 4.99 Å². The fraction of sp³-hybridized carbons (Fsp3) is 0.200. The number of guanidine groups is 1. The Hall–Kier alpha value is -2.23. The molecular weight excluding hydrogens is 411 g/mol. The van der Waals surface area contributed by atoms with Gasteiger partial charge >= 0.3 is 0 Å². The van der Waals surface area contributed by atoms with Gasteiger partial charge in [-0.1, -0.05) is 6.07 Å². The molecule has 0 aliphatic carbocycles. The smallest absolute Gasteiger partial charge is 0.242 e. The summed E-state index contributed by atoms with van der Waals surface area (Å²) < 4.78 is 10.2. The third-order valence-corrected chi connectivity index (χ3v) is 2.78. The first kappa shape index (κ1) is 18.8. The van der Waals surface area contributed by atoms with E-state index in [-0.39, 0.29) is 42.4 Å². The molecule has 0 atom stereocenters. The van der Waals surface area contributed by atoms with Crippen LogP contribution in [0.5, 0.6) is 5.75 Å². The molecule has 124 valence electrons. The number of furan rings is 1. The van der Waals surface area contributed by atoms with Crippen molar-refractivity contribution in [3.63, 3.8) is 0 Å². The number of aliphatic imine (C=N–C) groups is 1. The first-order valence-corrected chi connectivity index (χ1v) is 6.67. The molecule has 0 aliphatic rings. The maximum absolute atomic E-state index is 11.6. The van der Waals surface area contributed by atoms with Gasteiger partial charge in [0, 0.05) is 11.8 Å². The number of ether oxygens (including phenoxy) is 1. The highest BCUT2D eigenvalue weighted by molar-refractivity contribution is 14.0. The Morgan fingerprint density at radius 3 is 2.87 bits per heavy atom. The molecule has 1 aromatic carbocycles. The van der Waals surface area contributed by atoms with Crippen molar-refractivity contribution in [1.82, 2.24) is 5.32 Å². The van der Waals surface area contributed by atoms with E-state index in [9.17, 15) is 4.79 Å². The van der Waals surface area contributed by atoms with E-state index in [1.807, 2.05) is 18.2 Å². The topological polar surface area (TPSA) is 102 Å². The van der Waals surface area contributed by atoms with Crippen molar-refractivity contribution in [3.05, 3.63) is 48.4 Å². The minimum Gasteiger partial charge on any atom is -0.497 e. The van der Waals surface area contributed by atoms with Crippen LogP contribution in [0, 0.1) is 0 Å². The monoisotopic (exact) mass is 430 g/mol. The molecule has 0 unspecified atom stereocenters. The number of rotatable bonds is 6. The van der Waals surface area contributed by atoms with Crippen molar-refractivity contribution in [3.8, 4) is 5.75 Å². The van der Waals surface area contributed by atoms with Gasteiger partial charge in [0.2, 0.25) is 5.91 Å². The zero-order valence-electron chi connectivity index (χ0n) is 12.6. The second-order valence-electron chi connectivity index (χ2n) is 4.41. The van der Waals surface area contributed by atoms with Gasteiger partial charge in [0.1, 0.15) is 18.1 Å². The number of methoxy groups -OCH3 is 1. The Morgan fingerprint density at radius 2 is 2.17 bits per heavy atom. The van der Waals surface area contributed by atoms with Crippen LogP contribution in [0.3, 0.4) is 0 Å². The standard InChI is InChI=1S/C15H18N4O3.HI/c1-21-12-5-2-4-11(8-12)19-15(16)18-10-14(20)17-9-13-6-3-7-22-13;/h2-8H,9-10H2,1H3,(H,17,20)(H3,16,18,19);1H. The van der Waals surface area contributed by atoms with Crippen molar-refractivity contribution >= 4 is 41.5 Å². The van der Waals surface area contributed by atoms with Gasteiger partial charge in [-0.15, -0.1) is 24.0 Å². The second-order valence-corrected chi connectivity index (χ2v) is 4.41. The lowest BCUT2D eigenvalue weighted by Crippen LogP contribution is -2.28. The van der Waals surface area contributed by atoms with Gasteiger partial charge in [0.25, 0.3) is 0 Å². The molecule has 0 bridgehead atoms. The molecule has 1 heterocycles. The van der Waals surface area contributed by atoms with Gasteiger partial charge in [0.05, 0.1) is 19.9 Å². The Bertz CT molecular complexity index is 644. The molecule has 0 aliphatic heterocycles. The largest absolute Gasteiger partial charge is 0.497 e. The number of carbonyl (C=O) groups is 1. The summed E-state index contributed by atoms with van der Waals surface area (Å²) in [5, 5.41) is 5.57. The van der Waals surface area contributed by atoms with Crippen LogP contribution in [0.15, 0.2) is 52.1 Å². The Labute approximate surface area is 151 Å². The van der Waals surface area contributed by atoms with Crippen LogP contribution in [-0.2, 0) is 11.3 Å². The Morgan fingerprint density at radius 1 is 1.35 bits per heavy atom. The van der Waals surface area contributed by atoms with Crippen LogP contribution >= 0.6 is 24.0 Å². The second kappa shape index (κ2) is 9.72. The minimum absolute atomic E-state index is 0. The molecule has 7 nitrogen and oxygen atoms in total. The molecule has 0 fully saturated rings. The van der Waals surface area contributed by atoms with E-state index < -0.39 is 0 Å². The normalized spacial score (nSPS) is 10.6. The van der Waals surface area contributed by atoms with E-state index in [1.54, 1.807) is 31.6 Å². The van der Waals surface area contributed by atoms with Crippen LogP contribution < -0.4 is 21.1 Å². The van der Waals surface area contributed by atoms with E-state index in [0.717, 1.165) is 5.69 Å². The third kappa shape index (κ3) is 6.59. The number of hydrogen-bond donors (Lipinski definition) is 3. The molecular formula is C15H19IN4O3. The van der Waals surface area contributed by atoms with E-state index >= 15 is 0 Å². The summed E-state index contributed by atoms with van der Waals surface area (Å²) in [5.41, 5.74) is 6.47. The summed E-state index contributed by atoms with van der Waals surface area (Å²) >= 11 is 0. The van der Waals surface area contributed by atoms with Crippen LogP contribution in [-0.4, -0.2) is 25.5 Å². The lowest BCUT2D eigenvalue weighted by atomic mass is 10.3. The zero-order chi connectivity index (χ0) is 15.8. The molecule has 0 radical (unpaired) electrons. The van der Waals surface area contributed by atoms with E-state index in [4.69, 9.17) is 14.9 Å². The number of carbonyl (C=O) groups excluding carboxylic acids is 1. The summed E-state index contributed by atoms with van der Waals surface area (Å²) in [7, 11) is 1.58. The number of amides is 1. The van der Waals surface area contributed by atoms with Crippen LogP contribution in [0.25, 0.3) is 0 Å². The molecule has 0 saturated heterocycles. The van der Waals surface area contributed by atoms with Gasteiger partial charge in [0.15, 0.2) is 5.96 Å². The maximum atomic E-state index is 11.6. The predicted octanol–water partition coefficient (Wildman–Crippen LogP) is 1.95. The minimum atomic E-state index is -0.244. The Kier molecular flexibility index (Phi) is 7.95. The lowest BCUT2D eigenvalue weighted by Gasteiger charge is -2.07. The van der Waals surface area contributed by atoms with Crippen LogP contribution in [0.2, 0.25) is 0 Å². The molecule has 0 saturated carbocycles. The van der Waals surface area contributed by atoms with Gasteiger partial charge < -0.3 is 25.5 Å². The molecule has 4 N–H and O–H groups in total. The summed E-state index contributed by atoms with van der Waals surface area (Å²) in [6.45, 7) is 0.258. The van der Waals surface area contributed by atoms with Crippen molar-refractivity contribution in [1.29, 1.82) is 0 Å². The van der Waals surface area contributed by atoms with Crippen molar-refractivity contribution in [2.75, 3.05) is 19.0 Å². The number of benzene rings is 1. The maximum Gasteiger partial charge on any atom is 0.242 e. The summed E-state index contributed by atoms with van der Waals surface area (Å²) in [6.07, 6.45) is 1.55. The molecule has 2 aromatic rings. The summed E-state index contributed by atoms with van der Waals surface area (Å²) in [5.74, 6) is 1.29. The third-order valence-electron chi connectivity index (χ3n) is 2.78. The number of anilines is 1. The SMILES string of the molecule is COc1cccc(NC(N)=NCC(=O)NCc2ccco2)c1.I. The van der Waals surface area contributed by atoms with Gasteiger partial charge in [-0.05, 0) is 24.3 Å². The first-order valence-electron chi connectivity index (χ1n) is 6.67. The Balaban J connectivity index is 0.00000264. The molecule has 0 spiro atoms. The van der Waals surface area contributed by atoms with E-state index in [1.165, 1.54) is 0 Å². The van der Waals surface area contributed by atoms with Crippen LogP contribution in [0.1, 0.15) is 5.76 Å². The summed E-state index contributed by atoms with van der Waals surface area (Å²) in [4.78, 5) is 15.6. The molecule has 1 amide bonds. The van der Waals surface area contributed by atoms with Gasteiger partial charge in [-0.2, -0.15) is 0 Å².